The number of hydrogen-bond donors (Lipinski definition) is 1. The third kappa shape index (κ3) is 9.33. The molecule has 0 aliphatic rings. The van der Waals surface area contributed by atoms with E-state index in [1.165, 1.54) is 24.8 Å². The number of aryl methyl sites for hydroxylation is 1. The van der Waals surface area contributed by atoms with Gasteiger partial charge in [-0.1, -0.05) is 57.7 Å². The predicted molar refractivity (Wildman–Crippen MR) is 67.2 cm³/mol. The Morgan fingerprint density at radius 3 is 1.93 bits per heavy atom. The maximum absolute atomic E-state index is 8.76. The van der Waals surface area contributed by atoms with E-state index >= 15 is 0 Å². The van der Waals surface area contributed by atoms with Gasteiger partial charge in [0.2, 0.25) is 0 Å². The van der Waals surface area contributed by atoms with Gasteiger partial charge in [0.05, 0.1) is 0 Å². The van der Waals surface area contributed by atoms with Gasteiger partial charge >= 0.3 is 0 Å². The van der Waals surface area contributed by atoms with Crippen LogP contribution in [0.25, 0.3) is 0 Å². The Morgan fingerprint density at radius 2 is 1.67 bits per heavy atom. The van der Waals surface area contributed by atoms with Crippen LogP contribution in [0.1, 0.15) is 45.6 Å². The molecule has 0 saturated carbocycles. The molecule has 0 heterocycles. The van der Waals surface area contributed by atoms with Crippen molar-refractivity contribution in [3.05, 3.63) is 29.8 Å². The molecule has 1 aromatic carbocycles. The number of rotatable bonds is 3. The predicted octanol–water partition coefficient (Wildman–Crippen LogP) is 4.53. The van der Waals surface area contributed by atoms with Crippen LogP contribution in [-0.2, 0) is 0 Å². The fourth-order valence-corrected chi connectivity index (χ4v) is 1.16. The highest BCUT2D eigenvalue weighted by Crippen LogP contribution is 2.07. The number of unbranched alkanes of at least 4 members (excludes halogenated alkanes) is 1. The molecule has 0 aliphatic carbocycles. The molecule has 0 amide bonds. The van der Waals surface area contributed by atoms with E-state index in [1.54, 1.807) is 12.1 Å². The fourth-order valence-electron chi connectivity index (χ4n) is 1.16. The summed E-state index contributed by atoms with van der Waals surface area (Å²) in [6.07, 6.45) is 4.15. The zero-order valence-electron chi connectivity index (χ0n) is 10.5. The zero-order valence-corrected chi connectivity index (χ0v) is 10.5. The van der Waals surface area contributed by atoms with Crippen LogP contribution in [0.4, 0.5) is 0 Å². The van der Waals surface area contributed by atoms with Crippen molar-refractivity contribution in [1.82, 2.24) is 0 Å². The summed E-state index contributed by atoms with van der Waals surface area (Å²) in [5, 5.41) is 8.76. The van der Waals surface area contributed by atoms with Crippen molar-refractivity contribution in [2.45, 2.75) is 47.0 Å². The summed E-state index contributed by atoms with van der Waals surface area (Å²) in [6.45, 7) is 8.77. The normalized spacial score (nSPS) is 9.67. The molecule has 0 aliphatic heterocycles. The van der Waals surface area contributed by atoms with E-state index < -0.39 is 0 Å². The average Bonchev–Trinajstić information content (AvgIpc) is 2.20. The molecule has 0 bridgehead atoms. The molecule has 1 heteroatoms. The molecule has 1 aromatic rings. The van der Waals surface area contributed by atoms with E-state index in [2.05, 4.69) is 20.8 Å². The largest absolute Gasteiger partial charge is 0.508 e. The average molecular weight is 208 g/mol. The first-order valence-corrected chi connectivity index (χ1v) is 5.82. The van der Waals surface area contributed by atoms with Crippen molar-refractivity contribution in [3.8, 4) is 5.75 Å². The highest BCUT2D eigenvalue weighted by molar-refractivity contribution is 5.24. The second kappa shape index (κ2) is 8.34. The van der Waals surface area contributed by atoms with E-state index in [4.69, 9.17) is 5.11 Å². The molecule has 0 atom stereocenters. The topological polar surface area (TPSA) is 20.2 Å². The molecule has 15 heavy (non-hydrogen) atoms. The van der Waals surface area contributed by atoms with Gasteiger partial charge in [-0.25, -0.2) is 0 Å². The maximum Gasteiger partial charge on any atom is 0.115 e. The van der Waals surface area contributed by atoms with E-state index in [0.29, 0.717) is 5.75 Å². The van der Waals surface area contributed by atoms with Gasteiger partial charge in [0, 0.05) is 0 Å². The molecule has 1 nitrogen and oxygen atoms in total. The summed E-state index contributed by atoms with van der Waals surface area (Å²) in [6, 6.07) is 7.09. The molecule has 86 valence electrons. The number of aromatic hydroxyl groups is 1. The van der Waals surface area contributed by atoms with Crippen molar-refractivity contribution in [3.63, 3.8) is 0 Å². The van der Waals surface area contributed by atoms with Gasteiger partial charge in [0.15, 0.2) is 0 Å². The van der Waals surface area contributed by atoms with Crippen LogP contribution in [0.15, 0.2) is 24.3 Å². The molecule has 0 spiro atoms. The Kier molecular flexibility index (Phi) is 7.79. The second-order valence-electron chi connectivity index (χ2n) is 4.37. The molecule has 0 radical (unpaired) electrons. The van der Waals surface area contributed by atoms with E-state index in [0.717, 1.165) is 5.92 Å². The van der Waals surface area contributed by atoms with Crippen LogP contribution in [0.5, 0.6) is 5.75 Å². The Hall–Kier alpha value is -0.980. The van der Waals surface area contributed by atoms with Gasteiger partial charge in [0.1, 0.15) is 5.75 Å². The van der Waals surface area contributed by atoms with Crippen LogP contribution in [0.2, 0.25) is 0 Å². The molecule has 1 rings (SSSR count). The lowest BCUT2D eigenvalue weighted by Gasteiger charge is -1.98. The number of hydrogen-bond acceptors (Lipinski definition) is 1. The lowest BCUT2D eigenvalue weighted by Crippen LogP contribution is -1.83. The minimum absolute atomic E-state index is 0.329. The zero-order chi connectivity index (χ0) is 11.7. The lowest BCUT2D eigenvalue weighted by atomic mass is 10.1. The van der Waals surface area contributed by atoms with Crippen LogP contribution in [-0.4, -0.2) is 5.11 Å². The van der Waals surface area contributed by atoms with Crippen LogP contribution in [0, 0.1) is 12.8 Å². The van der Waals surface area contributed by atoms with E-state index in [-0.39, 0.29) is 0 Å². The Balaban J connectivity index is 0.000000265. The number of benzene rings is 1. The molecule has 0 aromatic heterocycles. The highest BCUT2D eigenvalue weighted by atomic mass is 16.3. The van der Waals surface area contributed by atoms with Gasteiger partial charge in [-0.05, 0) is 25.0 Å². The highest BCUT2D eigenvalue weighted by Gasteiger charge is 1.88. The summed E-state index contributed by atoms with van der Waals surface area (Å²) >= 11 is 0. The Morgan fingerprint density at radius 1 is 1.13 bits per heavy atom. The molecule has 1 N–H and O–H groups in total. The monoisotopic (exact) mass is 208 g/mol. The lowest BCUT2D eigenvalue weighted by molar-refractivity contribution is 0.475. The first kappa shape index (κ1) is 14.0. The number of phenolic OH excluding ortho intramolecular Hbond substituents is 1. The van der Waals surface area contributed by atoms with Crippen LogP contribution in [0.3, 0.4) is 0 Å². The van der Waals surface area contributed by atoms with Crippen LogP contribution >= 0.6 is 0 Å². The second-order valence-corrected chi connectivity index (χ2v) is 4.37. The fraction of sp³-hybridized carbons (Fsp3) is 0.571. The SMILES string of the molecule is CCCCC(C)C.Cc1ccc(O)cc1. The summed E-state index contributed by atoms with van der Waals surface area (Å²) < 4.78 is 0. The van der Waals surface area contributed by atoms with Gasteiger partial charge in [0.25, 0.3) is 0 Å². The Labute approximate surface area is 94.2 Å². The molecule has 0 saturated heterocycles. The van der Waals surface area contributed by atoms with Gasteiger partial charge in [-0.3, -0.25) is 0 Å². The van der Waals surface area contributed by atoms with E-state index in [9.17, 15) is 0 Å². The molecule has 0 unspecified atom stereocenters. The first-order valence-electron chi connectivity index (χ1n) is 5.82. The minimum Gasteiger partial charge on any atom is -0.508 e. The quantitative estimate of drug-likeness (QED) is 0.773. The van der Waals surface area contributed by atoms with Gasteiger partial charge in [-0.2, -0.15) is 0 Å². The smallest absolute Gasteiger partial charge is 0.115 e. The molecular formula is C14H24O. The third-order valence-electron chi connectivity index (χ3n) is 2.17. The van der Waals surface area contributed by atoms with Crippen molar-refractivity contribution in [2.24, 2.45) is 5.92 Å². The summed E-state index contributed by atoms with van der Waals surface area (Å²) in [5.74, 6) is 1.23. The van der Waals surface area contributed by atoms with E-state index in [1.807, 2.05) is 19.1 Å². The minimum atomic E-state index is 0.329. The van der Waals surface area contributed by atoms with Crippen molar-refractivity contribution < 1.29 is 5.11 Å². The molecule has 0 fully saturated rings. The Bertz CT molecular complexity index is 215. The van der Waals surface area contributed by atoms with Crippen molar-refractivity contribution in [1.29, 1.82) is 0 Å². The maximum atomic E-state index is 8.76. The summed E-state index contributed by atoms with van der Waals surface area (Å²) in [4.78, 5) is 0. The third-order valence-corrected chi connectivity index (χ3v) is 2.17. The van der Waals surface area contributed by atoms with Crippen molar-refractivity contribution in [2.75, 3.05) is 0 Å². The standard InChI is InChI=1S/C7H8O.C7H16/c1-6-2-4-7(8)5-3-6;1-4-5-6-7(2)3/h2-5,8H,1H3;7H,4-6H2,1-3H3. The van der Waals surface area contributed by atoms with Gasteiger partial charge < -0.3 is 5.11 Å². The summed E-state index contributed by atoms with van der Waals surface area (Å²) in [5.41, 5.74) is 1.17. The molecular weight excluding hydrogens is 184 g/mol. The summed E-state index contributed by atoms with van der Waals surface area (Å²) in [7, 11) is 0. The first-order chi connectivity index (χ1) is 7.06. The number of phenols is 1. The van der Waals surface area contributed by atoms with Gasteiger partial charge in [-0.15, -0.1) is 0 Å². The van der Waals surface area contributed by atoms with Crippen LogP contribution < -0.4 is 0 Å². The van der Waals surface area contributed by atoms with Crippen molar-refractivity contribution >= 4 is 0 Å².